The van der Waals surface area contributed by atoms with Crippen LogP contribution in [0, 0.1) is 0 Å². The third-order valence-electron chi connectivity index (χ3n) is 4.50. The van der Waals surface area contributed by atoms with Gasteiger partial charge in [-0.3, -0.25) is 19.4 Å². The monoisotopic (exact) mass is 421 g/mol. The van der Waals surface area contributed by atoms with Crippen molar-refractivity contribution < 1.29 is 22.7 Å². The van der Waals surface area contributed by atoms with Gasteiger partial charge in [-0.2, -0.15) is 18.3 Å². The van der Waals surface area contributed by atoms with Crippen molar-refractivity contribution in [2.45, 2.75) is 19.1 Å². The van der Waals surface area contributed by atoms with Crippen LogP contribution in [0.15, 0.2) is 30.9 Å². The first-order valence-corrected chi connectivity index (χ1v) is 9.24. The van der Waals surface area contributed by atoms with E-state index in [1.807, 2.05) is 0 Å². The minimum Gasteiger partial charge on any atom is -0.380 e. The number of carbonyl (C=O) groups is 1. The lowest BCUT2D eigenvalue weighted by molar-refractivity contribution is -0.141. The minimum absolute atomic E-state index is 0.0544. The van der Waals surface area contributed by atoms with E-state index in [0.29, 0.717) is 43.9 Å². The maximum absolute atomic E-state index is 13.1. The van der Waals surface area contributed by atoms with E-state index < -0.39 is 12.7 Å². The molecule has 12 heteroatoms. The van der Waals surface area contributed by atoms with E-state index in [1.165, 1.54) is 30.9 Å². The molecule has 0 unspecified atom stereocenters. The van der Waals surface area contributed by atoms with Gasteiger partial charge < -0.3 is 15.0 Å². The third-order valence-corrected chi connectivity index (χ3v) is 4.50. The first-order valence-electron chi connectivity index (χ1n) is 9.24. The summed E-state index contributed by atoms with van der Waals surface area (Å²) in [5.74, 6) is 0.107. The molecule has 4 rings (SSSR count). The lowest BCUT2D eigenvalue weighted by Crippen LogP contribution is -2.33. The van der Waals surface area contributed by atoms with Crippen molar-refractivity contribution in [2.75, 3.05) is 31.6 Å². The van der Waals surface area contributed by atoms with Gasteiger partial charge in [0.1, 0.15) is 18.1 Å². The summed E-state index contributed by atoms with van der Waals surface area (Å²) in [6.07, 6.45) is 1.87. The zero-order valence-electron chi connectivity index (χ0n) is 15.8. The molecule has 0 atom stereocenters. The molecule has 1 aliphatic rings. The van der Waals surface area contributed by atoms with E-state index in [0.717, 1.165) is 4.68 Å². The summed E-state index contributed by atoms with van der Waals surface area (Å²) >= 11 is 0. The van der Waals surface area contributed by atoms with Crippen molar-refractivity contribution in [1.29, 1.82) is 0 Å². The van der Waals surface area contributed by atoms with Crippen LogP contribution in [-0.2, 0) is 11.3 Å². The van der Waals surface area contributed by atoms with Crippen LogP contribution in [0.25, 0.3) is 10.9 Å². The van der Waals surface area contributed by atoms with Crippen molar-refractivity contribution in [3.63, 3.8) is 0 Å². The molecule has 0 radical (unpaired) electrons. The molecule has 0 aromatic carbocycles. The van der Waals surface area contributed by atoms with Crippen LogP contribution >= 0.6 is 0 Å². The number of amides is 1. The van der Waals surface area contributed by atoms with Gasteiger partial charge in [0.15, 0.2) is 5.82 Å². The number of ether oxygens (including phenoxy) is 1. The summed E-state index contributed by atoms with van der Waals surface area (Å²) in [7, 11) is 0. The average Bonchev–Trinajstić information content (AvgIpc) is 2.89. The summed E-state index contributed by atoms with van der Waals surface area (Å²) in [5, 5.41) is 7.21. The number of nitrogens with one attached hydrogen (secondary N) is 1. The van der Waals surface area contributed by atoms with Crippen LogP contribution in [0.4, 0.5) is 24.8 Å². The second-order valence-electron chi connectivity index (χ2n) is 6.68. The number of nitrogens with zero attached hydrogens (tertiary/aromatic N) is 6. The van der Waals surface area contributed by atoms with Crippen LogP contribution in [0.5, 0.6) is 0 Å². The highest BCUT2D eigenvalue weighted by Gasteiger charge is 2.30. The van der Waals surface area contributed by atoms with Crippen LogP contribution in [-0.4, -0.2) is 68.0 Å². The Morgan fingerprint density at radius 2 is 2.03 bits per heavy atom. The van der Waals surface area contributed by atoms with Gasteiger partial charge in [0.05, 0.1) is 23.7 Å². The molecule has 1 N–H and O–H groups in total. The molecule has 1 aliphatic heterocycles. The topological polar surface area (TPSA) is 98.1 Å². The van der Waals surface area contributed by atoms with Crippen LogP contribution in [0.1, 0.15) is 16.9 Å². The minimum atomic E-state index is -4.49. The highest BCUT2D eigenvalue weighted by atomic mass is 19.4. The fourth-order valence-corrected chi connectivity index (χ4v) is 3.16. The number of halogens is 3. The van der Waals surface area contributed by atoms with E-state index in [1.54, 1.807) is 4.90 Å². The first-order chi connectivity index (χ1) is 14.4. The van der Waals surface area contributed by atoms with Crippen LogP contribution in [0.3, 0.4) is 0 Å². The number of rotatable bonds is 4. The molecule has 4 heterocycles. The van der Waals surface area contributed by atoms with Gasteiger partial charge >= 0.3 is 6.18 Å². The maximum Gasteiger partial charge on any atom is 0.408 e. The quantitative estimate of drug-likeness (QED) is 0.691. The van der Waals surface area contributed by atoms with Gasteiger partial charge in [0.2, 0.25) is 0 Å². The highest BCUT2D eigenvalue weighted by molar-refractivity contribution is 5.98. The molecule has 9 nitrogen and oxygen atoms in total. The molecular formula is C18H18F3N7O2. The van der Waals surface area contributed by atoms with Crippen molar-refractivity contribution in [3.8, 4) is 0 Å². The zero-order chi connectivity index (χ0) is 21.1. The van der Waals surface area contributed by atoms with Gasteiger partial charge in [-0.15, -0.1) is 0 Å². The third kappa shape index (κ3) is 4.48. The lowest BCUT2D eigenvalue weighted by Gasteiger charge is -2.19. The number of aromatic nitrogens is 5. The Labute approximate surface area is 168 Å². The van der Waals surface area contributed by atoms with Gasteiger partial charge in [-0.05, 0) is 12.5 Å². The van der Waals surface area contributed by atoms with Gasteiger partial charge in [-0.25, -0.2) is 4.98 Å². The molecule has 0 spiro atoms. The predicted octanol–water partition coefficient (Wildman–Crippen LogP) is 2.39. The molecular weight excluding hydrogens is 403 g/mol. The summed E-state index contributed by atoms with van der Waals surface area (Å²) in [6.45, 7) is 0.568. The standard InChI is InChI=1S/C18H18F3N7O2/c19-18(20,21)11-28-14-8-13(17(29)27-4-1-6-30-7-5-27)24-9-12(14)16(26-28)25-15-10-22-2-3-23-15/h2-3,8-10H,1,4-7,11H2,(H,23,25,26). The number of carbonyl (C=O) groups excluding carboxylic acids is 1. The first kappa shape index (κ1) is 20.0. The van der Waals surface area contributed by atoms with Crippen molar-refractivity contribution in [2.24, 2.45) is 0 Å². The summed E-state index contributed by atoms with van der Waals surface area (Å²) in [4.78, 5) is 26.5. The van der Waals surface area contributed by atoms with Crippen molar-refractivity contribution >= 4 is 28.4 Å². The SMILES string of the molecule is O=C(c1cc2c(cn1)c(Nc1cnccn1)nn2CC(F)(F)F)N1CCCOCC1. The Balaban J connectivity index is 1.71. The van der Waals surface area contributed by atoms with E-state index in [-0.39, 0.29) is 22.9 Å². The Morgan fingerprint density at radius 3 is 2.80 bits per heavy atom. The maximum atomic E-state index is 13.1. The van der Waals surface area contributed by atoms with E-state index in [2.05, 4.69) is 25.4 Å². The smallest absolute Gasteiger partial charge is 0.380 e. The molecule has 3 aromatic rings. The van der Waals surface area contributed by atoms with Crippen molar-refractivity contribution in [3.05, 3.63) is 36.5 Å². The largest absolute Gasteiger partial charge is 0.408 e. The molecule has 1 amide bonds. The van der Waals surface area contributed by atoms with Crippen LogP contribution in [0.2, 0.25) is 0 Å². The summed E-state index contributed by atoms with van der Waals surface area (Å²) in [5.41, 5.74) is 0.196. The number of anilines is 2. The number of hydrogen-bond donors (Lipinski definition) is 1. The number of fused-ring (bicyclic) bond motifs is 1. The number of alkyl halides is 3. The second kappa shape index (κ2) is 8.22. The van der Waals surface area contributed by atoms with Gasteiger partial charge in [0.25, 0.3) is 5.91 Å². The molecule has 0 saturated carbocycles. The lowest BCUT2D eigenvalue weighted by atomic mass is 10.2. The Kier molecular flexibility index (Phi) is 5.48. The van der Waals surface area contributed by atoms with Crippen LogP contribution < -0.4 is 5.32 Å². The highest BCUT2D eigenvalue weighted by Crippen LogP contribution is 2.28. The molecule has 1 saturated heterocycles. The zero-order valence-corrected chi connectivity index (χ0v) is 15.8. The molecule has 30 heavy (non-hydrogen) atoms. The van der Waals surface area contributed by atoms with Gasteiger partial charge in [-0.1, -0.05) is 0 Å². The molecule has 0 aliphatic carbocycles. The molecule has 1 fully saturated rings. The Bertz CT molecular complexity index is 1030. The van der Waals surface area contributed by atoms with Crippen molar-refractivity contribution in [1.82, 2.24) is 29.6 Å². The van der Waals surface area contributed by atoms with Gasteiger partial charge in [0, 0.05) is 38.3 Å². The summed E-state index contributed by atoms with van der Waals surface area (Å²) < 4.78 is 45.4. The Morgan fingerprint density at radius 1 is 1.17 bits per heavy atom. The predicted molar refractivity (Wildman–Crippen MR) is 100 cm³/mol. The molecule has 0 bridgehead atoms. The van der Waals surface area contributed by atoms with E-state index in [4.69, 9.17) is 4.74 Å². The summed E-state index contributed by atoms with van der Waals surface area (Å²) in [6, 6.07) is 1.34. The fourth-order valence-electron chi connectivity index (χ4n) is 3.16. The Hall–Kier alpha value is -3.28. The van der Waals surface area contributed by atoms with E-state index in [9.17, 15) is 18.0 Å². The molecule has 158 valence electrons. The van der Waals surface area contributed by atoms with E-state index >= 15 is 0 Å². The number of pyridine rings is 1. The normalized spacial score (nSPS) is 15.2. The molecule has 3 aromatic heterocycles. The average molecular weight is 421 g/mol. The fraction of sp³-hybridized carbons (Fsp3) is 0.389. The number of hydrogen-bond acceptors (Lipinski definition) is 7. The second-order valence-corrected chi connectivity index (χ2v) is 6.68.